The summed E-state index contributed by atoms with van der Waals surface area (Å²) >= 11 is 0. The van der Waals surface area contributed by atoms with Gasteiger partial charge in [-0.05, 0) is 12.8 Å². The third kappa shape index (κ3) is 1.89. The van der Waals surface area contributed by atoms with E-state index in [1.165, 1.54) is 0 Å². The average Bonchev–Trinajstić information content (AvgIpc) is 2.31. The molecule has 0 spiro atoms. The summed E-state index contributed by atoms with van der Waals surface area (Å²) in [7, 11) is 0. The number of hydrogen-bond donors (Lipinski definition) is 3. The molecule has 1 aromatic rings. The van der Waals surface area contributed by atoms with E-state index < -0.39 is 5.69 Å². The Morgan fingerprint density at radius 1 is 1.50 bits per heavy atom. The monoisotopic (exact) mass is 167 g/mol. The molecule has 64 valence electrons. The first-order chi connectivity index (χ1) is 5.74. The van der Waals surface area contributed by atoms with Crippen LogP contribution in [0.1, 0.15) is 18.5 Å². The predicted octanol–water partition coefficient (Wildman–Crippen LogP) is 0.255. The fourth-order valence-electron chi connectivity index (χ4n) is 0.936. The highest BCUT2D eigenvalue weighted by atomic mass is 16.3. The Morgan fingerprint density at radius 2 is 2.25 bits per heavy atom. The SMILES string of the molecule is N#CCCCc1[nH]c(=O)[nH]c1O. The van der Waals surface area contributed by atoms with Crippen LogP contribution in [0.2, 0.25) is 0 Å². The minimum atomic E-state index is -0.417. The van der Waals surface area contributed by atoms with Crippen LogP contribution in [0.4, 0.5) is 0 Å². The molecule has 0 aliphatic rings. The van der Waals surface area contributed by atoms with Crippen molar-refractivity contribution in [3.8, 4) is 11.9 Å². The molecule has 3 N–H and O–H groups in total. The van der Waals surface area contributed by atoms with Crippen molar-refractivity contribution in [3.63, 3.8) is 0 Å². The first kappa shape index (κ1) is 8.40. The Hall–Kier alpha value is -1.70. The minimum Gasteiger partial charge on any atom is -0.493 e. The zero-order valence-electron chi connectivity index (χ0n) is 6.42. The first-order valence-electron chi connectivity index (χ1n) is 3.61. The number of imidazole rings is 1. The van der Waals surface area contributed by atoms with Gasteiger partial charge in [0, 0.05) is 6.42 Å². The van der Waals surface area contributed by atoms with Gasteiger partial charge in [-0.25, -0.2) is 4.79 Å². The number of aryl methyl sites for hydroxylation is 1. The molecule has 1 heterocycles. The number of aromatic amines is 2. The van der Waals surface area contributed by atoms with Crippen molar-refractivity contribution in [2.45, 2.75) is 19.3 Å². The highest BCUT2D eigenvalue weighted by Gasteiger charge is 2.03. The Morgan fingerprint density at radius 3 is 2.75 bits per heavy atom. The van der Waals surface area contributed by atoms with Gasteiger partial charge in [0.15, 0.2) is 0 Å². The number of nitriles is 1. The predicted molar refractivity (Wildman–Crippen MR) is 41.6 cm³/mol. The maximum absolute atomic E-state index is 10.6. The quantitative estimate of drug-likeness (QED) is 0.563. The summed E-state index contributed by atoms with van der Waals surface area (Å²) in [5, 5.41) is 17.3. The van der Waals surface area contributed by atoms with Crippen LogP contribution in [-0.4, -0.2) is 15.1 Å². The van der Waals surface area contributed by atoms with Crippen molar-refractivity contribution in [3.05, 3.63) is 16.2 Å². The Balaban J connectivity index is 2.58. The van der Waals surface area contributed by atoms with E-state index in [0.29, 0.717) is 25.0 Å². The van der Waals surface area contributed by atoms with E-state index in [-0.39, 0.29) is 5.88 Å². The molecule has 0 fully saturated rings. The van der Waals surface area contributed by atoms with Crippen LogP contribution in [0.5, 0.6) is 5.88 Å². The van der Waals surface area contributed by atoms with Gasteiger partial charge in [0.05, 0.1) is 11.8 Å². The van der Waals surface area contributed by atoms with Crippen LogP contribution in [0.3, 0.4) is 0 Å². The molecule has 1 rings (SSSR count). The van der Waals surface area contributed by atoms with Gasteiger partial charge >= 0.3 is 5.69 Å². The number of unbranched alkanes of at least 4 members (excludes halogenated alkanes) is 1. The molecular weight excluding hydrogens is 158 g/mol. The number of nitrogens with zero attached hydrogens (tertiary/aromatic N) is 1. The van der Waals surface area contributed by atoms with Gasteiger partial charge in [-0.15, -0.1) is 0 Å². The molecule has 0 bridgehead atoms. The van der Waals surface area contributed by atoms with Crippen LogP contribution in [0.15, 0.2) is 4.79 Å². The average molecular weight is 167 g/mol. The van der Waals surface area contributed by atoms with Crippen LogP contribution in [0.25, 0.3) is 0 Å². The van der Waals surface area contributed by atoms with E-state index in [9.17, 15) is 4.79 Å². The number of nitrogens with one attached hydrogen (secondary N) is 2. The molecule has 0 amide bonds. The molecule has 5 nitrogen and oxygen atoms in total. The molecular formula is C7H9N3O2. The van der Waals surface area contributed by atoms with Crippen molar-refractivity contribution in [1.82, 2.24) is 9.97 Å². The molecule has 0 atom stereocenters. The molecule has 0 saturated heterocycles. The molecule has 0 radical (unpaired) electrons. The Kier molecular flexibility index (Phi) is 2.53. The number of aromatic hydroxyl groups is 1. The normalized spacial score (nSPS) is 9.58. The first-order valence-corrected chi connectivity index (χ1v) is 3.61. The summed E-state index contributed by atoms with van der Waals surface area (Å²) in [6, 6.07) is 1.98. The van der Waals surface area contributed by atoms with Crippen molar-refractivity contribution >= 4 is 0 Å². The maximum Gasteiger partial charge on any atom is 0.325 e. The molecule has 0 aliphatic heterocycles. The Labute approximate surface area is 68.7 Å². The lowest BCUT2D eigenvalue weighted by atomic mass is 10.2. The largest absolute Gasteiger partial charge is 0.493 e. The summed E-state index contributed by atoms with van der Waals surface area (Å²) in [6.07, 6.45) is 1.57. The summed E-state index contributed by atoms with van der Waals surface area (Å²) in [5.41, 5.74) is 0.0507. The van der Waals surface area contributed by atoms with Gasteiger partial charge in [0.25, 0.3) is 0 Å². The van der Waals surface area contributed by atoms with Crippen molar-refractivity contribution in [2.75, 3.05) is 0 Å². The highest BCUT2D eigenvalue weighted by Crippen LogP contribution is 2.10. The fourth-order valence-corrected chi connectivity index (χ4v) is 0.936. The van der Waals surface area contributed by atoms with Gasteiger partial charge in [-0.1, -0.05) is 0 Å². The van der Waals surface area contributed by atoms with E-state index in [2.05, 4.69) is 9.97 Å². The van der Waals surface area contributed by atoms with Crippen LogP contribution >= 0.6 is 0 Å². The molecule has 0 aromatic carbocycles. The standard InChI is InChI=1S/C7H9N3O2/c8-4-2-1-3-5-6(11)10-7(12)9-5/h11H,1-3H2,(H2,9,10,12). The summed E-state index contributed by atoms with van der Waals surface area (Å²) in [5.74, 6) is -0.127. The maximum atomic E-state index is 10.6. The summed E-state index contributed by atoms with van der Waals surface area (Å²) < 4.78 is 0. The summed E-state index contributed by atoms with van der Waals surface area (Å²) in [6.45, 7) is 0. The van der Waals surface area contributed by atoms with E-state index in [1.807, 2.05) is 6.07 Å². The minimum absolute atomic E-state index is 0.127. The third-order valence-corrected chi connectivity index (χ3v) is 1.50. The van der Waals surface area contributed by atoms with Crippen molar-refractivity contribution in [1.29, 1.82) is 5.26 Å². The summed E-state index contributed by atoms with van der Waals surface area (Å²) in [4.78, 5) is 15.2. The second-order valence-corrected chi connectivity index (χ2v) is 2.42. The topological polar surface area (TPSA) is 92.7 Å². The molecule has 0 unspecified atom stereocenters. The number of aromatic nitrogens is 2. The number of rotatable bonds is 3. The van der Waals surface area contributed by atoms with Crippen LogP contribution < -0.4 is 5.69 Å². The lowest BCUT2D eigenvalue weighted by molar-refractivity contribution is 0.448. The molecule has 0 saturated carbocycles. The molecule has 12 heavy (non-hydrogen) atoms. The van der Waals surface area contributed by atoms with Crippen molar-refractivity contribution in [2.24, 2.45) is 0 Å². The van der Waals surface area contributed by atoms with E-state index in [4.69, 9.17) is 10.4 Å². The van der Waals surface area contributed by atoms with Gasteiger partial charge in [-0.2, -0.15) is 5.26 Å². The van der Waals surface area contributed by atoms with Gasteiger partial charge in [0.2, 0.25) is 5.88 Å². The lowest BCUT2D eigenvalue weighted by Crippen LogP contribution is -2.00. The van der Waals surface area contributed by atoms with E-state index in [0.717, 1.165) is 0 Å². The fraction of sp³-hybridized carbons (Fsp3) is 0.429. The van der Waals surface area contributed by atoms with Crippen LogP contribution in [0, 0.1) is 11.3 Å². The van der Waals surface area contributed by atoms with Crippen molar-refractivity contribution < 1.29 is 5.11 Å². The smallest absolute Gasteiger partial charge is 0.325 e. The molecule has 0 aliphatic carbocycles. The van der Waals surface area contributed by atoms with E-state index in [1.54, 1.807) is 0 Å². The zero-order chi connectivity index (χ0) is 8.97. The second-order valence-electron chi connectivity index (χ2n) is 2.42. The highest BCUT2D eigenvalue weighted by molar-refractivity contribution is 5.15. The second kappa shape index (κ2) is 3.62. The van der Waals surface area contributed by atoms with Crippen LogP contribution in [-0.2, 0) is 6.42 Å². The lowest BCUT2D eigenvalue weighted by Gasteiger charge is -1.92. The van der Waals surface area contributed by atoms with Gasteiger partial charge < -0.3 is 10.1 Å². The number of H-pyrrole nitrogens is 2. The Bertz CT molecular complexity index is 344. The third-order valence-electron chi connectivity index (χ3n) is 1.50. The number of hydrogen-bond acceptors (Lipinski definition) is 3. The van der Waals surface area contributed by atoms with Gasteiger partial charge in [0.1, 0.15) is 0 Å². The van der Waals surface area contributed by atoms with E-state index >= 15 is 0 Å². The zero-order valence-corrected chi connectivity index (χ0v) is 6.42. The van der Waals surface area contributed by atoms with Gasteiger partial charge in [-0.3, -0.25) is 4.98 Å². The molecule has 1 aromatic heterocycles. The molecule has 5 heteroatoms.